The predicted molar refractivity (Wildman–Crippen MR) is 80.2 cm³/mol. The van der Waals surface area contributed by atoms with Crippen LogP contribution in [0.3, 0.4) is 0 Å². The van der Waals surface area contributed by atoms with Gasteiger partial charge in [-0.1, -0.05) is 12.1 Å². The van der Waals surface area contributed by atoms with Crippen LogP contribution >= 0.6 is 0 Å². The summed E-state index contributed by atoms with van der Waals surface area (Å²) >= 11 is 0. The van der Waals surface area contributed by atoms with Gasteiger partial charge >= 0.3 is 0 Å². The van der Waals surface area contributed by atoms with Gasteiger partial charge in [-0.05, 0) is 30.5 Å². The van der Waals surface area contributed by atoms with Gasteiger partial charge in [0.05, 0.1) is 6.20 Å². The Balaban J connectivity index is 2.07. The van der Waals surface area contributed by atoms with Gasteiger partial charge < -0.3 is 10.5 Å². The first kappa shape index (κ1) is 13.5. The van der Waals surface area contributed by atoms with E-state index in [2.05, 4.69) is 15.1 Å². The van der Waals surface area contributed by atoms with Crippen LogP contribution in [0.15, 0.2) is 24.7 Å². The SMILES string of the molecule is Cc1cc(CN)cc(C)c1Oc1ncnc2c1cnn2C. The zero-order chi connectivity index (χ0) is 15.0. The normalized spacial score (nSPS) is 11.0. The van der Waals surface area contributed by atoms with E-state index in [-0.39, 0.29) is 0 Å². The van der Waals surface area contributed by atoms with Crippen molar-refractivity contribution >= 4 is 11.0 Å². The first-order chi connectivity index (χ1) is 10.1. The van der Waals surface area contributed by atoms with Gasteiger partial charge in [0.15, 0.2) is 5.65 Å². The summed E-state index contributed by atoms with van der Waals surface area (Å²) in [6.07, 6.45) is 3.20. The number of fused-ring (bicyclic) bond motifs is 1. The minimum Gasteiger partial charge on any atom is -0.438 e. The third-order valence-corrected chi connectivity index (χ3v) is 3.45. The largest absolute Gasteiger partial charge is 0.438 e. The molecule has 0 spiro atoms. The second kappa shape index (κ2) is 5.14. The van der Waals surface area contributed by atoms with E-state index in [4.69, 9.17) is 10.5 Å². The van der Waals surface area contributed by atoms with Gasteiger partial charge in [-0.15, -0.1) is 0 Å². The predicted octanol–water partition coefficient (Wildman–Crippen LogP) is 2.23. The van der Waals surface area contributed by atoms with Gasteiger partial charge in [0.25, 0.3) is 0 Å². The Morgan fingerprint density at radius 2 is 1.90 bits per heavy atom. The Morgan fingerprint density at radius 3 is 2.57 bits per heavy atom. The molecule has 3 aromatic rings. The van der Waals surface area contributed by atoms with E-state index in [0.717, 1.165) is 33.5 Å². The summed E-state index contributed by atoms with van der Waals surface area (Å²) in [5.74, 6) is 1.32. The maximum absolute atomic E-state index is 6.02. The summed E-state index contributed by atoms with van der Waals surface area (Å²) in [4.78, 5) is 8.44. The highest BCUT2D eigenvalue weighted by molar-refractivity contribution is 5.80. The third kappa shape index (κ3) is 2.34. The highest BCUT2D eigenvalue weighted by Gasteiger charge is 2.13. The number of aromatic nitrogens is 4. The zero-order valence-electron chi connectivity index (χ0n) is 12.3. The highest BCUT2D eigenvalue weighted by atomic mass is 16.5. The molecule has 0 atom stereocenters. The van der Waals surface area contributed by atoms with E-state index >= 15 is 0 Å². The molecule has 108 valence electrons. The van der Waals surface area contributed by atoms with Gasteiger partial charge in [0.2, 0.25) is 5.88 Å². The quantitative estimate of drug-likeness (QED) is 0.797. The Labute approximate surface area is 122 Å². The Bertz CT molecular complexity index is 786. The maximum Gasteiger partial charge on any atom is 0.233 e. The van der Waals surface area contributed by atoms with E-state index in [0.29, 0.717) is 12.4 Å². The van der Waals surface area contributed by atoms with Crippen LogP contribution in [0.5, 0.6) is 11.6 Å². The maximum atomic E-state index is 6.02. The molecule has 6 nitrogen and oxygen atoms in total. The fourth-order valence-electron chi connectivity index (χ4n) is 2.44. The van der Waals surface area contributed by atoms with Crippen LogP contribution in [0.1, 0.15) is 16.7 Å². The highest BCUT2D eigenvalue weighted by Crippen LogP contribution is 2.31. The van der Waals surface area contributed by atoms with Gasteiger partial charge in [-0.3, -0.25) is 4.68 Å². The Hall–Kier alpha value is -2.47. The molecule has 1 aromatic carbocycles. The van der Waals surface area contributed by atoms with Crippen LogP contribution < -0.4 is 10.5 Å². The molecule has 6 heteroatoms. The first-order valence-corrected chi connectivity index (χ1v) is 6.71. The van der Waals surface area contributed by atoms with Crippen molar-refractivity contribution in [3.05, 3.63) is 41.3 Å². The monoisotopic (exact) mass is 283 g/mol. The van der Waals surface area contributed by atoms with Crippen molar-refractivity contribution in [2.45, 2.75) is 20.4 Å². The van der Waals surface area contributed by atoms with Gasteiger partial charge in [-0.2, -0.15) is 5.10 Å². The first-order valence-electron chi connectivity index (χ1n) is 6.71. The lowest BCUT2D eigenvalue weighted by Gasteiger charge is -2.13. The number of hydrogen-bond donors (Lipinski definition) is 1. The van der Waals surface area contributed by atoms with Gasteiger partial charge in [0, 0.05) is 13.6 Å². The number of nitrogens with two attached hydrogens (primary N) is 1. The van der Waals surface area contributed by atoms with Crippen LogP contribution in [0.2, 0.25) is 0 Å². The fraction of sp³-hybridized carbons (Fsp3) is 0.267. The minimum absolute atomic E-state index is 0.514. The molecule has 2 heterocycles. The van der Waals surface area contributed by atoms with E-state index in [9.17, 15) is 0 Å². The molecular weight excluding hydrogens is 266 g/mol. The van der Waals surface area contributed by atoms with Crippen molar-refractivity contribution in [1.29, 1.82) is 0 Å². The molecule has 0 aliphatic heterocycles. The standard InChI is InChI=1S/C15H17N5O/c1-9-4-11(6-16)5-10(2)13(9)21-15-12-7-19-20(3)14(12)17-8-18-15/h4-5,7-8H,6,16H2,1-3H3. The number of aryl methyl sites for hydroxylation is 3. The van der Waals surface area contributed by atoms with Crippen LogP contribution in [-0.2, 0) is 13.6 Å². The summed E-state index contributed by atoms with van der Waals surface area (Å²) < 4.78 is 7.72. The average Bonchev–Trinajstić information content (AvgIpc) is 2.85. The van der Waals surface area contributed by atoms with E-state index < -0.39 is 0 Å². The lowest BCUT2D eigenvalue weighted by Crippen LogP contribution is -2.00. The molecule has 21 heavy (non-hydrogen) atoms. The van der Waals surface area contributed by atoms with Crippen molar-refractivity contribution in [2.24, 2.45) is 12.8 Å². The summed E-state index contributed by atoms with van der Waals surface area (Å²) in [7, 11) is 1.84. The number of rotatable bonds is 3. The van der Waals surface area contributed by atoms with Crippen LogP contribution in [0, 0.1) is 13.8 Å². The zero-order valence-corrected chi connectivity index (χ0v) is 12.3. The topological polar surface area (TPSA) is 78.8 Å². The lowest BCUT2D eigenvalue weighted by molar-refractivity contribution is 0.461. The molecule has 0 aliphatic rings. The third-order valence-electron chi connectivity index (χ3n) is 3.45. The van der Waals surface area contributed by atoms with Gasteiger partial charge in [0.1, 0.15) is 17.5 Å². The van der Waals surface area contributed by atoms with Crippen LogP contribution in [-0.4, -0.2) is 19.7 Å². The molecule has 0 bridgehead atoms. The smallest absolute Gasteiger partial charge is 0.233 e. The van der Waals surface area contributed by atoms with E-state index in [1.165, 1.54) is 6.33 Å². The molecule has 2 N–H and O–H groups in total. The van der Waals surface area contributed by atoms with Crippen LogP contribution in [0.25, 0.3) is 11.0 Å². The number of ether oxygens (including phenoxy) is 1. The van der Waals surface area contributed by atoms with E-state index in [1.807, 2.05) is 33.0 Å². The number of benzene rings is 1. The van der Waals surface area contributed by atoms with Crippen molar-refractivity contribution in [2.75, 3.05) is 0 Å². The molecule has 0 radical (unpaired) electrons. The molecule has 3 rings (SSSR count). The summed E-state index contributed by atoms with van der Waals surface area (Å²) in [6, 6.07) is 4.06. The Kier molecular flexibility index (Phi) is 3.31. The summed E-state index contributed by atoms with van der Waals surface area (Å²) in [5.41, 5.74) is 9.60. The van der Waals surface area contributed by atoms with Crippen LogP contribution in [0.4, 0.5) is 0 Å². The molecule has 2 aromatic heterocycles. The lowest BCUT2D eigenvalue weighted by atomic mass is 10.1. The molecule has 0 amide bonds. The molecule has 0 saturated carbocycles. The van der Waals surface area contributed by atoms with E-state index in [1.54, 1.807) is 10.9 Å². The van der Waals surface area contributed by atoms with Crippen molar-refractivity contribution in [1.82, 2.24) is 19.7 Å². The molecule has 0 fully saturated rings. The molecule has 0 unspecified atom stereocenters. The van der Waals surface area contributed by atoms with Crippen molar-refractivity contribution in [3.8, 4) is 11.6 Å². The van der Waals surface area contributed by atoms with Gasteiger partial charge in [-0.25, -0.2) is 9.97 Å². The molecular formula is C15H17N5O. The second-order valence-corrected chi connectivity index (χ2v) is 5.05. The Morgan fingerprint density at radius 1 is 1.19 bits per heavy atom. The average molecular weight is 283 g/mol. The van der Waals surface area contributed by atoms with Crippen molar-refractivity contribution in [3.63, 3.8) is 0 Å². The second-order valence-electron chi connectivity index (χ2n) is 5.05. The number of nitrogens with zero attached hydrogens (tertiary/aromatic N) is 4. The molecule has 0 aliphatic carbocycles. The molecule has 0 saturated heterocycles. The summed E-state index contributed by atoms with van der Waals surface area (Å²) in [5, 5.41) is 4.98. The summed E-state index contributed by atoms with van der Waals surface area (Å²) in [6.45, 7) is 4.52. The minimum atomic E-state index is 0.514. The fourth-order valence-corrected chi connectivity index (χ4v) is 2.44. The number of hydrogen-bond acceptors (Lipinski definition) is 5. The van der Waals surface area contributed by atoms with Crippen molar-refractivity contribution < 1.29 is 4.74 Å².